The van der Waals surface area contributed by atoms with Gasteiger partial charge in [0.25, 0.3) is 11.7 Å². The van der Waals surface area contributed by atoms with Gasteiger partial charge in [0.05, 0.1) is 16.9 Å². The first-order chi connectivity index (χ1) is 8.29. The summed E-state index contributed by atoms with van der Waals surface area (Å²) < 4.78 is 0. The summed E-state index contributed by atoms with van der Waals surface area (Å²) in [6.45, 7) is 3.64. The van der Waals surface area contributed by atoms with Gasteiger partial charge in [0.2, 0.25) is 0 Å². The van der Waals surface area contributed by atoms with E-state index in [1.807, 2.05) is 0 Å². The SMILES string of the molecule is CC(C)(O)CCN1C(=O)C(=O)c2cc(Cl)ccc21. The van der Waals surface area contributed by atoms with Crippen LogP contribution in [0.4, 0.5) is 5.69 Å². The van der Waals surface area contributed by atoms with E-state index in [4.69, 9.17) is 11.6 Å². The molecule has 1 aliphatic heterocycles. The molecule has 1 aromatic carbocycles. The van der Waals surface area contributed by atoms with E-state index in [0.29, 0.717) is 29.2 Å². The van der Waals surface area contributed by atoms with Gasteiger partial charge in [-0.1, -0.05) is 11.6 Å². The number of Topliss-reactive ketones (excluding diaryl/α,β-unsaturated/α-hetero) is 1. The second-order valence-electron chi connectivity index (χ2n) is 5.01. The molecule has 0 aliphatic carbocycles. The van der Waals surface area contributed by atoms with Gasteiger partial charge >= 0.3 is 0 Å². The Morgan fingerprint density at radius 1 is 1.33 bits per heavy atom. The summed E-state index contributed by atoms with van der Waals surface area (Å²) in [5, 5.41) is 10.1. The van der Waals surface area contributed by atoms with E-state index in [-0.39, 0.29) is 0 Å². The van der Waals surface area contributed by atoms with Crippen LogP contribution in [0.3, 0.4) is 0 Å². The minimum Gasteiger partial charge on any atom is -0.390 e. The fraction of sp³-hybridized carbons (Fsp3) is 0.385. The van der Waals surface area contributed by atoms with E-state index in [9.17, 15) is 14.7 Å². The van der Waals surface area contributed by atoms with Gasteiger partial charge in [-0.15, -0.1) is 0 Å². The first-order valence-corrected chi connectivity index (χ1v) is 6.05. The molecule has 0 bridgehead atoms. The van der Waals surface area contributed by atoms with Crippen molar-refractivity contribution in [2.45, 2.75) is 25.9 Å². The Morgan fingerprint density at radius 3 is 2.61 bits per heavy atom. The molecule has 0 unspecified atom stereocenters. The van der Waals surface area contributed by atoms with E-state index in [2.05, 4.69) is 0 Å². The summed E-state index contributed by atoms with van der Waals surface area (Å²) in [5.74, 6) is -1.10. The fourth-order valence-electron chi connectivity index (χ4n) is 1.88. The zero-order chi connectivity index (χ0) is 13.5. The number of fused-ring (bicyclic) bond motifs is 1. The molecule has 2 rings (SSSR count). The average molecular weight is 268 g/mol. The van der Waals surface area contributed by atoms with Gasteiger partial charge in [-0.25, -0.2) is 0 Å². The van der Waals surface area contributed by atoms with Crippen LogP contribution in [0.25, 0.3) is 0 Å². The number of ketones is 1. The van der Waals surface area contributed by atoms with Gasteiger partial charge in [-0.05, 0) is 38.5 Å². The second kappa shape index (κ2) is 4.37. The van der Waals surface area contributed by atoms with Crippen molar-refractivity contribution in [3.05, 3.63) is 28.8 Å². The molecule has 0 spiro atoms. The lowest BCUT2D eigenvalue weighted by Gasteiger charge is -2.22. The highest BCUT2D eigenvalue weighted by molar-refractivity contribution is 6.52. The van der Waals surface area contributed by atoms with E-state index in [0.717, 1.165) is 0 Å². The number of amides is 1. The molecule has 18 heavy (non-hydrogen) atoms. The van der Waals surface area contributed by atoms with Crippen molar-refractivity contribution in [2.24, 2.45) is 0 Å². The third kappa shape index (κ3) is 2.40. The molecule has 0 atom stereocenters. The van der Waals surface area contributed by atoms with Gasteiger partial charge in [-0.2, -0.15) is 0 Å². The highest BCUT2D eigenvalue weighted by Crippen LogP contribution is 2.31. The Labute approximate surface area is 110 Å². The van der Waals surface area contributed by atoms with Crippen LogP contribution in [0.5, 0.6) is 0 Å². The van der Waals surface area contributed by atoms with Crippen LogP contribution in [0, 0.1) is 0 Å². The van der Waals surface area contributed by atoms with Crippen molar-refractivity contribution in [3.63, 3.8) is 0 Å². The quantitative estimate of drug-likeness (QED) is 0.853. The first kappa shape index (κ1) is 13.1. The van der Waals surface area contributed by atoms with Gasteiger partial charge in [0.1, 0.15) is 0 Å². The first-order valence-electron chi connectivity index (χ1n) is 5.68. The molecule has 1 aliphatic rings. The molecule has 96 valence electrons. The Kier molecular flexibility index (Phi) is 3.17. The lowest BCUT2D eigenvalue weighted by Crippen LogP contribution is -2.34. The van der Waals surface area contributed by atoms with Crippen LogP contribution < -0.4 is 4.90 Å². The maximum absolute atomic E-state index is 11.8. The normalized spacial score (nSPS) is 15.2. The van der Waals surface area contributed by atoms with Crippen molar-refractivity contribution < 1.29 is 14.7 Å². The molecular weight excluding hydrogens is 254 g/mol. The monoisotopic (exact) mass is 267 g/mol. The summed E-state index contributed by atoms with van der Waals surface area (Å²) in [7, 11) is 0. The zero-order valence-electron chi connectivity index (χ0n) is 10.2. The number of aliphatic hydroxyl groups is 1. The molecule has 0 aromatic heterocycles. The zero-order valence-corrected chi connectivity index (χ0v) is 11.0. The number of rotatable bonds is 3. The van der Waals surface area contributed by atoms with Crippen LogP contribution in [-0.2, 0) is 4.79 Å². The van der Waals surface area contributed by atoms with Gasteiger partial charge in [0.15, 0.2) is 0 Å². The van der Waals surface area contributed by atoms with Crippen molar-refractivity contribution >= 4 is 29.0 Å². The third-order valence-corrected chi connectivity index (χ3v) is 3.12. The predicted octanol–water partition coefficient (Wildman–Crippen LogP) is 2.03. The number of carbonyl (C=O) groups excluding carboxylic acids is 2. The second-order valence-corrected chi connectivity index (χ2v) is 5.45. The van der Waals surface area contributed by atoms with Gasteiger partial charge in [-0.3, -0.25) is 9.59 Å². The van der Waals surface area contributed by atoms with Crippen LogP contribution >= 0.6 is 11.6 Å². The minimum atomic E-state index is -0.876. The summed E-state index contributed by atoms with van der Waals surface area (Å²) >= 11 is 5.81. The standard InChI is InChI=1S/C13H14ClNO3/c1-13(2,18)5-6-15-10-4-3-8(14)7-9(10)11(16)12(15)17/h3-4,7,18H,5-6H2,1-2H3. The van der Waals surface area contributed by atoms with Crippen molar-refractivity contribution in [1.29, 1.82) is 0 Å². The number of carbonyl (C=O) groups is 2. The molecule has 1 amide bonds. The maximum Gasteiger partial charge on any atom is 0.299 e. The Balaban J connectivity index is 2.29. The van der Waals surface area contributed by atoms with E-state index in [1.54, 1.807) is 26.0 Å². The molecule has 0 saturated carbocycles. The molecule has 1 aromatic rings. The highest BCUT2D eigenvalue weighted by Gasteiger charge is 2.36. The number of halogens is 1. The summed E-state index contributed by atoms with van der Waals surface area (Å²) in [6.07, 6.45) is 0.397. The van der Waals surface area contributed by atoms with Crippen LogP contribution in [0.1, 0.15) is 30.6 Å². The topological polar surface area (TPSA) is 57.6 Å². The molecule has 0 saturated heterocycles. The number of hydrogen-bond donors (Lipinski definition) is 1. The number of nitrogens with zero attached hydrogens (tertiary/aromatic N) is 1. The van der Waals surface area contributed by atoms with E-state index in [1.165, 1.54) is 11.0 Å². The average Bonchev–Trinajstić information content (AvgIpc) is 2.49. The van der Waals surface area contributed by atoms with Crippen LogP contribution in [0.15, 0.2) is 18.2 Å². The Bertz CT molecular complexity index is 519. The molecule has 0 radical (unpaired) electrons. The van der Waals surface area contributed by atoms with Crippen LogP contribution in [0.2, 0.25) is 5.02 Å². The third-order valence-electron chi connectivity index (χ3n) is 2.88. The lowest BCUT2D eigenvalue weighted by atomic mass is 10.1. The van der Waals surface area contributed by atoms with E-state index < -0.39 is 17.3 Å². The number of anilines is 1. The van der Waals surface area contributed by atoms with Crippen molar-refractivity contribution in [1.82, 2.24) is 0 Å². The molecule has 4 nitrogen and oxygen atoms in total. The molecule has 1 N–H and O–H groups in total. The number of hydrogen-bond acceptors (Lipinski definition) is 3. The smallest absolute Gasteiger partial charge is 0.299 e. The predicted molar refractivity (Wildman–Crippen MR) is 69.1 cm³/mol. The van der Waals surface area contributed by atoms with Gasteiger partial charge < -0.3 is 10.0 Å². The Morgan fingerprint density at radius 2 is 2.00 bits per heavy atom. The fourth-order valence-corrected chi connectivity index (χ4v) is 2.05. The summed E-state index contributed by atoms with van der Waals surface area (Å²) in [5.41, 5.74) is 0.0281. The largest absolute Gasteiger partial charge is 0.390 e. The van der Waals surface area contributed by atoms with Gasteiger partial charge in [0, 0.05) is 11.6 Å². The summed E-state index contributed by atoms with van der Waals surface area (Å²) in [4.78, 5) is 25.0. The molecule has 0 fully saturated rings. The molecular formula is C13H14ClNO3. The lowest BCUT2D eigenvalue weighted by molar-refractivity contribution is -0.114. The molecule has 1 heterocycles. The summed E-state index contributed by atoms with van der Waals surface area (Å²) in [6, 6.07) is 4.80. The minimum absolute atomic E-state index is 0.308. The number of benzene rings is 1. The highest BCUT2D eigenvalue weighted by atomic mass is 35.5. The van der Waals surface area contributed by atoms with Crippen LogP contribution in [-0.4, -0.2) is 28.9 Å². The van der Waals surface area contributed by atoms with Crippen molar-refractivity contribution in [3.8, 4) is 0 Å². The molecule has 5 heteroatoms. The Hall–Kier alpha value is -1.39. The van der Waals surface area contributed by atoms with Crippen molar-refractivity contribution in [2.75, 3.05) is 11.4 Å². The van der Waals surface area contributed by atoms with E-state index >= 15 is 0 Å². The maximum atomic E-state index is 11.8.